The fraction of sp³-hybridized carbons (Fsp3) is 0.350. The molecule has 1 atom stereocenters. The molecule has 0 bridgehead atoms. The summed E-state index contributed by atoms with van der Waals surface area (Å²) in [5.74, 6) is 0.495. The van der Waals surface area contributed by atoms with E-state index in [2.05, 4.69) is 5.32 Å². The summed E-state index contributed by atoms with van der Waals surface area (Å²) in [5.41, 5.74) is 2.53. The van der Waals surface area contributed by atoms with Crippen LogP contribution in [0.1, 0.15) is 18.1 Å². The van der Waals surface area contributed by atoms with Crippen LogP contribution in [0.4, 0.5) is 11.4 Å². The van der Waals surface area contributed by atoms with E-state index in [0.29, 0.717) is 22.9 Å². The summed E-state index contributed by atoms with van der Waals surface area (Å²) in [6.07, 6.45) is 1.09. The highest BCUT2D eigenvalue weighted by Gasteiger charge is 2.30. The van der Waals surface area contributed by atoms with Crippen LogP contribution in [0.3, 0.4) is 0 Å². The van der Waals surface area contributed by atoms with Gasteiger partial charge in [-0.3, -0.25) is 9.10 Å². The van der Waals surface area contributed by atoms with Gasteiger partial charge in [0.25, 0.3) is 0 Å². The molecular formula is C20H26N2O5S. The molecule has 7 nitrogen and oxygen atoms in total. The van der Waals surface area contributed by atoms with Gasteiger partial charge < -0.3 is 14.8 Å². The molecule has 0 radical (unpaired) electrons. The molecule has 0 saturated heterocycles. The first-order valence-electron chi connectivity index (χ1n) is 8.68. The van der Waals surface area contributed by atoms with Crippen molar-refractivity contribution in [1.82, 2.24) is 0 Å². The number of hydrogen-bond acceptors (Lipinski definition) is 5. The van der Waals surface area contributed by atoms with Crippen molar-refractivity contribution in [2.24, 2.45) is 0 Å². The van der Waals surface area contributed by atoms with E-state index in [-0.39, 0.29) is 0 Å². The maximum absolute atomic E-state index is 12.9. The zero-order valence-electron chi connectivity index (χ0n) is 16.9. The molecule has 2 aromatic carbocycles. The molecule has 0 aliphatic rings. The maximum atomic E-state index is 12.9. The van der Waals surface area contributed by atoms with Crippen molar-refractivity contribution in [2.75, 3.05) is 30.1 Å². The Bertz CT molecular complexity index is 973. The number of nitrogens with one attached hydrogen (secondary N) is 1. The Balaban J connectivity index is 2.42. The second-order valence-corrected chi connectivity index (χ2v) is 8.44. The largest absolute Gasteiger partial charge is 0.497 e. The smallest absolute Gasteiger partial charge is 0.248 e. The fourth-order valence-electron chi connectivity index (χ4n) is 2.89. The predicted octanol–water partition coefficient (Wildman–Crippen LogP) is 3.11. The van der Waals surface area contributed by atoms with Gasteiger partial charge in [0.15, 0.2) is 0 Å². The topological polar surface area (TPSA) is 84.9 Å². The number of aryl methyl sites for hydroxylation is 2. The summed E-state index contributed by atoms with van der Waals surface area (Å²) in [6, 6.07) is 9.49. The third-order valence-corrected chi connectivity index (χ3v) is 5.58. The second-order valence-electron chi connectivity index (χ2n) is 6.58. The van der Waals surface area contributed by atoms with Crippen molar-refractivity contribution in [3.8, 4) is 11.5 Å². The van der Waals surface area contributed by atoms with Crippen LogP contribution in [0.15, 0.2) is 36.4 Å². The molecule has 0 saturated carbocycles. The highest BCUT2D eigenvalue weighted by Crippen LogP contribution is 2.30. The molecule has 2 aromatic rings. The molecule has 0 heterocycles. The van der Waals surface area contributed by atoms with E-state index >= 15 is 0 Å². The normalized spacial score (nSPS) is 12.2. The standard InChI is InChI=1S/C20H26N2O5S/c1-13-7-8-14(2)18(11-13)22(28(6,24)25)15(3)20(23)21-17-12-16(26-4)9-10-19(17)27-5/h7-12,15H,1-6H3,(H,21,23)/t15-/m0/s1. The average Bonchev–Trinajstić information content (AvgIpc) is 2.63. The van der Waals surface area contributed by atoms with E-state index < -0.39 is 22.0 Å². The van der Waals surface area contributed by atoms with Gasteiger partial charge in [-0.25, -0.2) is 8.42 Å². The molecule has 0 aliphatic heterocycles. The minimum absolute atomic E-state index is 0.396. The third kappa shape index (κ3) is 4.75. The van der Waals surface area contributed by atoms with Crippen LogP contribution < -0.4 is 19.1 Å². The number of hydrogen-bond donors (Lipinski definition) is 1. The number of benzene rings is 2. The van der Waals surface area contributed by atoms with E-state index in [1.165, 1.54) is 14.2 Å². The summed E-state index contributed by atoms with van der Waals surface area (Å²) < 4.78 is 36.6. The van der Waals surface area contributed by atoms with Crippen molar-refractivity contribution >= 4 is 27.3 Å². The number of ether oxygens (including phenoxy) is 2. The van der Waals surface area contributed by atoms with Crippen molar-refractivity contribution in [2.45, 2.75) is 26.8 Å². The van der Waals surface area contributed by atoms with Gasteiger partial charge in [-0.2, -0.15) is 0 Å². The summed E-state index contributed by atoms with van der Waals surface area (Å²) in [4.78, 5) is 12.9. The number of carbonyl (C=O) groups is 1. The van der Waals surface area contributed by atoms with Gasteiger partial charge in [0.05, 0.1) is 31.9 Å². The van der Waals surface area contributed by atoms with Gasteiger partial charge >= 0.3 is 0 Å². The predicted molar refractivity (Wildman–Crippen MR) is 111 cm³/mol. The first-order chi connectivity index (χ1) is 13.1. The zero-order chi connectivity index (χ0) is 21.1. The third-order valence-electron chi connectivity index (χ3n) is 4.36. The van der Waals surface area contributed by atoms with E-state index in [1.54, 1.807) is 31.2 Å². The van der Waals surface area contributed by atoms with E-state index in [0.717, 1.165) is 21.7 Å². The molecule has 0 aliphatic carbocycles. The molecule has 1 N–H and O–H groups in total. The molecule has 152 valence electrons. The lowest BCUT2D eigenvalue weighted by Crippen LogP contribution is -2.45. The van der Waals surface area contributed by atoms with Gasteiger partial charge in [-0.15, -0.1) is 0 Å². The van der Waals surface area contributed by atoms with Gasteiger partial charge in [0.1, 0.15) is 17.5 Å². The Labute approximate surface area is 166 Å². The van der Waals surface area contributed by atoms with Crippen molar-refractivity contribution < 1.29 is 22.7 Å². The Morgan fingerprint density at radius 2 is 1.75 bits per heavy atom. The Morgan fingerprint density at radius 3 is 2.32 bits per heavy atom. The van der Waals surface area contributed by atoms with E-state index in [9.17, 15) is 13.2 Å². The Morgan fingerprint density at radius 1 is 1.07 bits per heavy atom. The van der Waals surface area contributed by atoms with Crippen LogP contribution in [0.5, 0.6) is 11.5 Å². The number of carbonyl (C=O) groups excluding carboxylic acids is 1. The summed E-state index contributed by atoms with van der Waals surface area (Å²) >= 11 is 0. The monoisotopic (exact) mass is 406 g/mol. The molecule has 0 spiro atoms. The number of anilines is 2. The molecule has 0 aromatic heterocycles. The molecule has 0 fully saturated rings. The minimum atomic E-state index is -3.71. The number of nitrogens with zero attached hydrogens (tertiary/aromatic N) is 1. The number of amides is 1. The summed E-state index contributed by atoms with van der Waals surface area (Å²) in [6.45, 7) is 5.22. The van der Waals surface area contributed by atoms with Crippen LogP contribution in [0.25, 0.3) is 0 Å². The Hall–Kier alpha value is -2.74. The first kappa shape index (κ1) is 21.6. The quantitative estimate of drug-likeness (QED) is 0.764. The number of sulfonamides is 1. The number of rotatable bonds is 7. The van der Waals surface area contributed by atoms with Crippen molar-refractivity contribution in [3.63, 3.8) is 0 Å². The highest BCUT2D eigenvalue weighted by molar-refractivity contribution is 7.92. The zero-order valence-corrected chi connectivity index (χ0v) is 17.8. The van der Waals surface area contributed by atoms with Gasteiger partial charge in [0.2, 0.25) is 15.9 Å². The van der Waals surface area contributed by atoms with Crippen LogP contribution in [-0.4, -0.2) is 40.8 Å². The van der Waals surface area contributed by atoms with Crippen molar-refractivity contribution in [3.05, 3.63) is 47.5 Å². The Kier molecular flexibility index (Phi) is 6.56. The van der Waals surface area contributed by atoms with Gasteiger partial charge in [0, 0.05) is 6.07 Å². The van der Waals surface area contributed by atoms with Crippen LogP contribution in [-0.2, 0) is 14.8 Å². The maximum Gasteiger partial charge on any atom is 0.248 e. The molecule has 2 rings (SSSR count). The highest BCUT2D eigenvalue weighted by atomic mass is 32.2. The van der Waals surface area contributed by atoms with Crippen LogP contribution >= 0.6 is 0 Å². The molecule has 1 amide bonds. The first-order valence-corrected chi connectivity index (χ1v) is 10.5. The molecule has 8 heteroatoms. The van der Waals surface area contributed by atoms with E-state index in [1.807, 2.05) is 26.0 Å². The number of methoxy groups -OCH3 is 2. The van der Waals surface area contributed by atoms with Gasteiger partial charge in [-0.05, 0) is 50.1 Å². The van der Waals surface area contributed by atoms with Gasteiger partial charge in [-0.1, -0.05) is 12.1 Å². The minimum Gasteiger partial charge on any atom is -0.497 e. The van der Waals surface area contributed by atoms with Crippen molar-refractivity contribution in [1.29, 1.82) is 0 Å². The molecule has 0 unspecified atom stereocenters. The molecular weight excluding hydrogens is 380 g/mol. The summed E-state index contributed by atoms with van der Waals surface area (Å²) in [7, 11) is -0.704. The average molecular weight is 407 g/mol. The lowest BCUT2D eigenvalue weighted by atomic mass is 10.1. The lowest BCUT2D eigenvalue weighted by molar-refractivity contribution is -0.116. The fourth-order valence-corrected chi connectivity index (χ4v) is 4.11. The van der Waals surface area contributed by atoms with E-state index in [4.69, 9.17) is 9.47 Å². The summed E-state index contributed by atoms with van der Waals surface area (Å²) in [5, 5.41) is 2.74. The molecule has 28 heavy (non-hydrogen) atoms. The SMILES string of the molecule is COc1ccc(OC)c(NC(=O)[C@H](C)N(c2cc(C)ccc2C)S(C)(=O)=O)c1. The lowest BCUT2D eigenvalue weighted by Gasteiger charge is -2.30. The van der Waals surface area contributed by atoms with Crippen LogP contribution in [0.2, 0.25) is 0 Å². The second kappa shape index (κ2) is 8.52. The van der Waals surface area contributed by atoms with Crippen LogP contribution in [0, 0.1) is 13.8 Å².